The number of hydrogen-bond acceptors (Lipinski definition) is 1. The molecule has 0 rings (SSSR count). The molecule has 0 aromatic heterocycles. The van der Waals surface area contributed by atoms with Crippen molar-refractivity contribution in [3.8, 4) is 0 Å². The second-order valence-corrected chi connectivity index (χ2v) is 5.52. The molecule has 0 aliphatic heterocycles. The van der Waals surface area contributed by atoms with E-state index in [-0.39, 0.29) is 5.54 Å². The molecular weight excluding hydrogens is 158 g/mol. The van der Waals surface area contributed by atoms with Crippen LogP contribution in [0.1, 0.15) is 60.3 Å². The minimum Gasteiger partial charge on any atom is -0.325 e. The van der Waals surface area contributed by atoms with E-state index in [9.17, 15) is 0 Å². The molecule has 1 heteroatoms. The lowest BCUT2D eigenvalue weighted by Crippen LogP contribution is -2.36. The maximum absolute atomic E-state index is 6.21. The Morgan fingerprint density at radius 3 is 1.46 bits per heavy atom. The molecule has 0 aliphatic carbocycles. The first-order valence-corrected chi connectivity index (χ1v) is 5.62. The summed E-state index contributed by atoms with van der Waals surface area (Å²) in [5, 5.41) is 0. The molecule has 0 aliphatic rings. The zero-order chi connectivity index (χ0) is 10.5. The van der Waals surface area contributed by atoms with E-state index in [1.54, 1.807) is 0 Å². The lowest BCUT2D eigenvalue weighted by Gasteiger charge is -2.26. The van der Waals surface area contributed by atoms with E-state index in [1.807, 2.05) is 0 Å². The van der Waals surface area contributed by atoms with Gasteiger partial charge in [-0.2, -0.15) is 0 Å². The fraction of sp³-hybridized carbons (Fsp3) is 1.00. The third-order valence-corrected chi connectivity index (χ3v) is 2.59. The van der Waals surface area contributed by atoms with Crippen LogP contribution in [0.2, 0.25) is 0 Å². The quantitative estimate of drug-likeness (QED) is 0.672. The Hall–Kier alpha value is -0.0400. The van der Waals surface area contributed by atoms with Crippen molar-refractivity contribution < 1.29 is 0 Å². The van der Waals surface area contributed by atoms with E-state index < -0.39 is 0 Å². The summed E-state index contributed by atoms with van der Waals surface area (Å²) >= 11 is 0. The Bertz CT molecular complexity index is 111. The van der Waals surface area contributed by atoms with Crippen molar-refractivity contribution in [1.82, 2.24) is 0 Å². The molecule has 0 aromatic carbocycles. The molecule has 0 bridgehead atoms. The van der Waals surface area contributed by atoms with Gasteiger partial charge in [0.1, 0.15) is 0 Å². The van der Waals surface area contributed by atoms with Gasteiger partial charge in [-0.15, -0.1) is 0 Å². The predicted octanol–water partition coefficient (Wildman–Crippen LogP) is 3.58. The molecule has 0 aromatic rings. The van der Waals surface area contributed by atoms with E-state index in [1.165, 1.54) is 12.8 Å². The van der Waals surface area contributed by atoms with E-state index in [0.717, 1.165) is 24.7 Å². The number of rotatable bonds is 6. The van der Waals surface area contributed by atoms with Gasteiger partial charge in [-0.25, -0.2) is 0 Å². The van der Waals surface area contributed by atoms with Gasteiger partial charge in [0, 0.05) is 5.54 Å². The van der Waals surface area contributed by atoms with Gasteiger partial charge in [0.2, 0.25) is 0 Å². The van der Waals surface area contributed by atoms with E-state index >= 15 is 0 Å². The largest absolute Gasteiger partial charge is 0.325 e. The van der Waals surface area contributed by atoms with Crippen LogP contribution in [-0.4, -0.2) is 5.54 Å². The Kier molecular flexibility index (Phi) is 5.62. The summed E-state index contributed by atoms with van der Waals surface area (Å²) in [5.74, 6) is 1.56. The Morgan fingerprint density at radius 1 is 0.923 bits per heavy atom. The van der Waals surface area contributed by atoms with Crippen LogP contribution < -0.4 is 5.73 Å². The fourth-order valence-electron chi connectivity index (χ4n) is 1.36. The third kappa shape index (κ3) is 8.29. The summed E-state index contributed by atoms with van der Waals surface area (Å²) in [6.45, 7) is 11.2. The van der Waals surface area contributed by atoms with Crippen molar-refractivity contribution in [1.29, 1.82) is 0 Å². The van der Waals surface area contributed by atoms with Crippen molar-refractivity contribution in [2.75, 3.05) is 0 Å². The Balaban J connectivity index is 3.66. The van der Waals surface area contributed by atoms with Gasteiger partial charge in [-0.3, -0.25) is 0 Å². The summed E-state index contributed by atoms with van der Waals surface area (Å²) in [6, 6.07) is 0. The van der Waals surface area contributed by atoms with Gasteiger partial charge >= 0.3 is 0 Å². The van der Waals surface area contributed by atoms with Crippen LogP contribution in [0, 0.1) is 11.8 Å². The van der Waals surface area contributed by atoms with Gasteiger partial charge in [0.15, 0.2) is 0 Å². The molecule has 0 saturated carbocycles. The minimum atomic E-state index is 0.0640. The topological polar surface area (TPSA) is 26.0 Å². The summed E-state index contributed by atoms with van der Waals surface area (Å²) in [7, 11) is 0. The summed E-state index contributed by atoms with van der Waals surface area (Å²) in [6.07, 6.45) is 4.84. The lowest BCUT2D eigenvalue weighted by molar-refractivity contribution is 0.335. The molecule has 0 unspecified atom stereocenters. The highest BCUT2D eigenvalue weighted by Crippen LogP contribution is 2.21. The van der Waals surface area contributed by atoms with E-state index in [2.05, 4.69) is 34.6 Å². The number of nitrogens with two attached hydrogens (primary N) is 1. The normalized spacial score (nSPS) is 12.9. The predicted molar refractivity (Wildman–Crippen MR) is 60.7 cm³/mol. The molecule has 80 valence electrons. The lowest BCUT2D eigenvalue weighted by atomic mass is 9.87. The van der Waals surface area contributed by atoms with Crippen LogP contribution in [-0.2, 0) is 0 Å². The first-order chi connectivity index (χ1) is 5.83. The molecule has 0 saturated heterocycles. The molecule has 0 amide bonds. The third-order valence-electron chi connectivity index (χ3n) is 2.59. The Labute approximate surface area is 84.1 Å². The van der Waals surface area contributed by atoms with Crippen LogP contribution in [0.15, 0.2) is 0 Å². The fourth-order valence-corrected chi connectivity index (χ4v) is 1.36. The number of hydrogen-bond donors (Lipinski definition) is 1. The monoisotopic (exact) mass is 185 g/mol. The first-order valence-electron chi connectivity index (χ1n) is 5.62. The molecule has 2 N–H and O–H groups in total. The summed E-state index contributed by atoms with van der Waals surface area (Å²) < 4.78 is 0. The maximum atomic E-state index is 6.21. The van der Waals surface area contributed by atoms with Gasteiger partial charge in [0.25, 0.3) is 0 Å². The SMILES string of the molecule is CC(C)CCC(C)(N)CCC(C)C. The molecule has 0 atom stereocenters. The first kappa shape index (κ1) is 13.0. The van der Waals surface area contributed by atoms with Crippen LogP contribution in [0.25, 0.3) is 0 Å². The molecule has 0 heterocycles. The summed E-state index contributed by atoms with van der Waals surface area (Å²) in [4.78, 5) is 0. The zero-order valence-corrected chi connectivity index (χ0v) is 10.1. The van der Waals surface area contributed by atoms with Crippen LogP contribution in [0.5, 0.6) is 0 Å². The van der Waals surface area contributed by atoms with Gasteiger partial charge in [-0.1, -0.05) is 27.7 Å². The molecular formula is C12H27N. The van der Waals surface area contributed by atoms with Crippen molar-refractivity contribution in [2.24, 2.45) is 17.6 Å². The van der Waals surface area contributed by atoms with Crippen molar-refractivity contribution >= 4 is 0 Å². The molecule has 0 fully saturated rings. The van der Waals surface area contributed by atoms with Crippen molar-refractivity contribution in [3.63, 3.8) is 0 Å². The highest BCUT2D eigenvalue weighted by Gasteiger charge is 2.18. The van der Waals surface area contributed by atoms with Gasteiger partial charge in [0.05, 0.1) is 0 Å². The van der Waals surface area contributed by atoms with E-state index in [4.69, 9.17) is 5.73 Å². The Morgan fingerprint density at radius 2 is 1.23 bits per heavy atom. The summed E-state index contributed by atoms with van der Waals surface area (Å²) in [5.41, 5.74) is 6.28. The molecule has 0 radical (unpaired) electrons. The standard InChI is InChI=1S/C12H27N/c1-10(2)6-8-12(5,13)9-7-11(3)4/h10-11H,6-9,13H2,1-5H3. The average Bonchev–Trinajstić information content (AvgIpc) is 1.98. The molecule has 13 heavy (non-hydrogen) atoms. The van der Waals surface area contributed by atoms with Crippen LogP contribution >= 0.6 is 0 Å². The highest BCUT2D eigenvalue weighted by molar-refractivity contribution is 4.79. The van der Waals surface area contributed by atoms with Gasteiger partial charge in [-0.05, 0) is 44.4 Å². The van der Waals surface area contributed by atoms with Crippen molar-refractivity contribution in [2.45, 2.75) is 65.8 Å². The van der Waals surface area contributed by atoms with Crippen LogP contribution in [0.4, 0.5) is 0 Å². The molecule has 1 nitrogen and oxygen atoms in total. The smallest absolute Gasteiger partial charge is 0.0126 e. The average molecular weight is 185 g/mol. The van der Waals surface area contributed by atoms with Gasteiger partial charge < -0.3 is 5.73 Å². The maximum Gasteiger partial charge on any atom is 0.0126 e. The highest BCUT2D eigenvalue weighted by atomic mass is 14.7. The second kappa shape index (κ2) is 5.64. The minimum absolute atomic E-state index is 0.0640. The molecule has 0 spiro atoms. The van der Waals surface area contributed by atoms with Crippen molar-refractivity contribution in [3.05, 3.63) is 0 Å². The zero-order valence-electron chi connectivity index (χ0n) is 10.1. The second-order valence-electron chi connectivity index (χ2n) is 5.52. The van der Waals surface area contributed by atoms with Crippen LogP contribution in [0.3, 0.4) is 0 Å². The van der Waals surface area contributed by atoms with E-state index in [0.29, 0.717) is 0 Å².